The number of quaternary nitrogens is 1. The van der Waals surface area contributed by atoms with Crippen LogP contribution in [-0.2, 0) is 4.79 Å². The van der Waals surface area contributed by atoms with Crippen molar-refractivity contribution in [3.05, 3.63) is 0 Å². The van der Waals surface area contributed by atoms with Gasteiger partial charge in [0.1, 0.15) is 0 Å². The molecule has 0 saturated carbocycles. The predicted octanol–water partition coefficient (Wildman–Crippen LogP) is 4.21. The number of likely N-dealkylation sites (N-methyl/N-ethyl adjacent to an activating group) is 1. The first-order valence-electron chi connectivity index (χ1n) is 9.47. The van der Waals surface area contributed by atoms with Crippen LogP contribution in [0.4, 0.5) is 0 Å². The number of unbranched alkanes of at least 4 members (excludes halogenated alkanes) is 9. The van der Waals surface area contributed by atoms with Crippen molar-refractivity contribution in [2.24, 2.45) is 0 Å². The van der Waals surface area contributed by atoms with E-state index in [4.69, 9.17) is 0 Å². The van der Waals surface area contributed by atoms with Crippen LogP contribution in [0.5, 0.6) is 0 Å². The van der Waals surface area contributed by atoms with Crippen LogP contribution in [0.2, 0.25) is 0 Å². The molecule has 138 valence electrons. The highest BCUT2D eigenvalue weighted by atomic mass is 16.4. The van der Waals surface area contributed by atoms with Crippen molar-refractivity contribution in [1.82, 2.24) is 0 Å². The molecule has 4 nitrogen and oxygen atoms in total. The molecular weight excluding hydrogens is 290 g/mol. The molecule has 0 spiro atoms. The lowest BCUT2D eigenvalue weighted by Crippen LogP contribution is -2.62. The van der Waals surface area contributed by atoms with E-state index in [1.807, 2.05) is 21.1 Å². The summed E-state index contributed by atoms with van der Waals surface area (Å²) in [5.41, 5.74) is -0.866. The third kappa shape index (κ3) is 8.16. The highest BCUT2D eigenvalue weighted by Crippen LogP contribution is 2.30. The zero-order valence-electron chi connectivity index (χ0n) is 15.9. The summed E-state index contributed by atoms with van der Waals surface area (Å²) >= 11 is 0. The number of carboxylic acid groups (broad SMARTS) is 1. The van der Waals surface area contributed by atoms with E-state index in [1.165, 1.54) is 51.4 Å². The second kappa shape index (κ2) is 11.9. The van der Waals surface area contributed by atoms with Gasteiger partial charge in [0.15, 0.2) is 5.54 Å². The molecule has 0 aromatic carbocycles. The summed E-state index contributed by atoms with van der Waals surface area (Å²) in [4.78, 5) is 11.8. The van der Waals surface area contributed by atoms with Crippen molar-refractivity contribution in [2.75, 3.05) is 27.7 Å². The van der Waals surface area contributed by atoms with Crippen LogP contribution in [0.3, 0.4) is 0 Å². The van der Waals surface area contributed by atoms with Crippen LogP contribution in [-0.4, -0.2) is 54.0 Å². The number of carbonyl (C=O) groups is 1. The van der Waals surface area contributed by atoms with Crippen LogP contribution in [0, 0.1) is 0 Å². The number of aliphatic hydroxyl groups is 1. The number of hydrogen-bond donors (Lipinski definition) is 2. The minimum atomic E-state index is -0.866. The predicted molar refractivity (Wildman–Crippen MR) is 96.6 cm³/mol. The van der Waals surface area contributed by atoms with Gasteiger partial charge in [-0.3, -0.25) is 0 Å². The lowest BCUT2D eigenvalue weighted by Gasteiger charge is -2.43. The van der Waals surface area contributed by atoms with Crippen molar-refractivity contribution < 1.29 is 19.5 Å². The molecule has 0 saturated heterocycles. The van der Waals surface area contributed by atoms with Gasteiger partial charge in [-0.2, -0.15) is 0 Å². The van der Waals surface area contributed by atoms with E-state index in [1.54, 1.807) is 0 Å². The van der Waals surface area contributed by atoms with Crippen molar-refractivity contribution >= 4 is 5.97 Å². The number of rotatable bonds is 15. The molecule has 23 heavy (non-hydrogen) atoms. The van der Waals surface area contributed by atoms with Gasteiger partial charge in [-0.1, -0.05) is 64.7 Å². The minimum absolute atomic E-state index is 0.0699. The lowest BCUT2D eigenvalue weighted by molar-refractivity contribution is -0.915. The van der Waals surface area contributed by atoms with Gasteiger partial charge in [0.2, 0.25) is 0 Å². The third-order valence-corrected chi connectivity index (χ3v) is 5.15. The van der Waals surface area contributed by atoms with Gasteiger partial charge in [0.05, 0.1) is 21.1 Å². The van der Waals surface area contributed by atoms with Gasteiger partial charge in [0, 0.05) is 19.4 Å². The molecule has 0 aromatic rings. The summed E-state index contributed by atoms with van der Waals surface area (Å²) in [6, 6.07) is 0. The van der Waals surface area contributed by atoms with Gasteiger partial charge < -0.3 is 14.7 Å². The maximum atomic E-state index is 11.8. The fourth-order valence-electron chi connectivity index (χ4n) is 3.39. The second-order valence-electron chi connectivity index (χ2n) is 7.75. The number of carboxylic acids is 1. The maximum absolute atomic E-state index is 11.8. The largest absolute Gasteiger partial charge is 0.477 e. The molecule has 1 atom stereocenters. The molecule has 0 fully saturated rings. The first kappa shape index (κ1) is 22.4. The number of hydrogen-bond acceptors (Lipinski definition) is 2. The van der Waals surface area contributed by atoms with E-state index in [0.717, 1.165) is 12.8 Å². The highest BCUT2D eigenvalue weighted by molar-refractivity contribution is 5.77. The van der Waals surface area contributed by atoms with Gasteiger partial charge in [-0.25, -0.2) is 4.79 Å². The Morgan fingerprint density at radius 1 is 0.826 bits per heavy atom. The molecule has 0 aliphatic carbocycles. The Balaban J connectivity index is 4.04. The van der Waals surface area contributed by atoms with E-state index in [0.29, 0.717) is 17.3 Å². The Bertz CT molecular complexity index is 312. The van der Waals surface area contributed by atoms with E-state index in [-0.39, 0.29) is 6.61 Å². The van der Waals surface area contributed by atoms with Crippen molar-refractivity contribution in [3.63, 3.8) is 0 Å². The molecule has 0 aromatic heterocycles. The zero-order valence-corrected chi connectivity index (χ0v) is 15.9. The van der Waals surface area contributed by atoms with Crippen LogP contribution in [0.15, 0.2) is 0 Å². The Labute approximate surface area is 143 Å². The molecule has 0 aliphatic rings. The van der Waals surface area contributed by atoms with Gasteiger partial charge >= 0.3 is 5.97 Å². The summed E-state index contributed by atoms with van der Waals surface area (Å²) < 4.78 is 0.361. The van der Waals surface area contributed by atoms with E-state index in [2.05, 4.69) is 6.92 Å². The lowest BCUT2D eigenvalue weighted by atomic mass is 9.85. The van der Waals surface area contributed by atoms with Crippen LogP contribution in [0.25, 0.3) is 0 Å². The molecule has 4 heteroatoms. The Morgan fingerprint density at radius 3 is 1.61 bits per heavy atom. The fraction of sp³-hybridized carbons (Fsp3) is 0.947. The SMILES string of the molecule is CCCCCCCCCCCCC(CCO)(C(=O)O)[N+](C)(C)C. The van der Waals surface area contributed by atoms with Gasteiger partial charge in [-0.05, 0) is 6.42 Å². The average molecular weight is 331 g/mol. The van der Waals surface area contributed by atoms with Crippen molar-refractivity contribution in [1.29, 1.82) is 0 Å². The molecule has 0 aliphatic heterocycles. The Kier molecular flexibility index (Phi) is 11.5. The summed E-state index contributed by atoms with van der Waals surface area (Å²) in [6.45, 7) is 2.17. The van der Waals surface area contributed by atoms with Crippen molar-refractivity contribution in [3.8, 4) is 0 Å². The highest BCUT2D eigenvalue weighted by Gasteiger charge is 2.49. The summed E-state index contributed by atoms with van der Waals surface area (Å²) in [6.07, 6.45) is 13.5. The maximum Gasteiger partial charge on any atom is 0.365 e. The Morgan fingerprint density at radius 2 is 1.26 bits per heavy atom. The number of aliphatic hydroxyl groups excluding tert-OH is 1. The van der Waals surface area contributed by atoms with Crippen molar-refractivity contribution in [2.45, 2.75) is 89.5 Å². The standard InChI is InChI=1S/C19H39NO3/c1-5-6-7-8-9-10-11-12-13-14-15-19(16-17-21,18(22)23)20(2,3)4/h21H,5-17H2,1-4H3/p+1. The molecule has 0 amide bonds. The molecule has 1 unspecified atom stereocenters. The summed E-state index contributed by atoms with van der Waals surface area (Å²) in [5.74, 6) is -0.782. The second-order valence-corrected chi connectivity index (χ2v) is 7.75. The fourth-order valence-corrected chi connectivity index (χ4v) is 3.39. The summed E-state index contributed by atoms with van der Waals surface area (Å²) in [7, 11) is 5.75. The monoisotopic (exact) mass is 330 g/mol. The van der Waals surface area contributed by atoms with Crippen LogP contribution < -0.4 is 0 Å². The van der Waals surface area contributed by atoms with E-state index < -0.39 is 11.5 Å². The molecule has 0 heterocycles. The quantitative estimate of drug-likeness (QED) is 0.349. The average Bonchev–Trinajstić information content (AvgIpc) is 2.46. The molecule has 2 N–H and O–H groups in total. The molecule has 0 rings (SSSR count). The minimum Gasteiger partial charge on any atom is -0.477 e. The Hall–Kier alpha value is -0.610. The van der Waals surface area contributed by atoms with E-state index >= 15 is 0 Å². The molecule has 0 radical (unpaired) electrons. The molecular formula is C19H40NO3+. The van der Waals surface area contributed by atoms with E-state index in [9.17, 15) is 15.0 Å². The number of aliphatic carboxylic acids is 1. The third-order valence-electron chi connectivity index (χ3n) is 5.15. The van der Waals surface area contributed by atoms with Crippen LogP contribution >= 0.6 is 0 Å². The zero-order chi connectivity index (χ0) is 17.8. The first-order chi connectivity index (χ1) is 10.8. The number of nitrogens with zero attached hydrogens (tertiary/aromatic N) is 1. The topological polar surface area (TPSA) is 57.5 Å². The smallest absolute Gasteiger partial charge is 0.365 e. The first-order valence-corrected chi connectivity index (χ1v) is 9.47. The van der Waals surface area contributed by atoms with Gasteiger partial charge in [-0.15, -0.1) is 0 Å². The van der Waals surface area contributed by atoms with Crippen LogP contribution in [0.1, 0.15) is 84.0 Å². The molecule has 0 bridgehead atoms. The normalized spacial score (nSPS) is 14.7. The van der Waals surface area contributed by atoms with Gasteiger partial charge in [0.25, 0.3) is 0 Å². The summed E-state index contributed by atoms with van der Waals surface area (Å²) in [5, 5.41) is 19.0.